The Kier molecular flexibility index (Phi) is 4.24. The van der Waals surface area contributed by atoms with Gasteiger partial charge in [0, 0.05) is 11.6 Å². The molecule has 0 aliphatic rings. The summed E-state index contributed by atoms with van der Waals surface area (Å²) in [7, 11) is 0. The number of benzene rings is 2. The topological polar surface area (TPSA) is 67.2 Å². The molecule has 3 aromatic rings. The number of anilines is 1. The molecule has 0 aliphatic carbocycles. The van der Waals surface area contributed by atoms with Crippen LogP contribution in [0.5, 0.6) is 0 Å². The maximum Gasteiger partial charge on any atom is 0.275 e. The second kappa shape index (κ2) is 6.49. The maximum atomic E-state index is 13.6. The third-order valence-corrected chi connectivity index (χ3v) is 3.38. The number of nitrogens with one attached hydrogen (secondary N) is 2. The zero-order valence-electron chi connectivity index (χ0n) is 12.6. The van der Waals surface area contributed by atoms with Gasteiger partial charge in [0.25, 0.3) is 5.91 Å². The number of carbonyl (C=O) groups excluding carboxylic acids is 1. The van der Waals surface area contributed by atoms with Crippen molar-refractivity contribution >= 4 is 11.6 Å². The molecule has 1 aromatic heterocycles. The number of aromatic nitrogens is 1. The van der Waals surface area contributed by atoms with E-state index in [4.69, 9.17) is 4.52 Å². The molecule has 1 heterocycles. The molecule has 3 rings (SSSR count). The van der Waals surface area contributed by atoms with E-state index in [1.165, 1.54) is 6.07 Å². The summed E-state index contributed by atoms with van der Waals surface area (Å²) in [6.07, 6.45) is 0. The molecular weight excluding hydrogens is 316 g/mol. The molecule has 0 saturated carbocycles. The molecule has 0 saturated heterocycles. The van der Waals surface area contributed by atoms with Gasteiger partial charge in [-0.15, -0.1) is 0 Å². The van der Waals surface area contributed by atoms with Crippen LogP contribution in [0.1, 0.15) is 16.1 Å². The van der Waals surface area contributed by atoms with E-state index in [2.05, 4.69) is 16.0 Å². The van der Waals surface area contributed by atoms with Crippen LogP contribution in [0.25, 0.3) is 11.3 Å². The Hall–Kier alpha value is -3.22. The van der Waals surface area contributed by atoms with Crippen molar-refractivity contribution < 1.29 is 18.1 Å². The molecule has 122 valence electrons. The van der Waals surface area contributed by atoms with E-state index in [0.29, 0.717) is 23.1 Å². The van der Waals surface area contributed by atoms with Crippen LogP contribution in [-0.2, 0) is 0 Å². The van der Waals surface area contributed by atoms with Gasteiger partial charge in [-0.05, 0) is 19.1 Å². The molecule has 5 nitrogen and oxygen atoms in total. The van der Waals surface area contributed by atoms with Crippen LogP contribution >= 0.6 is 0 Å². The summed E-state index contributed by atoms with van der Waals surface area (Å²) in [6.45, 7) is 1.60. The first-order valence-electron chi connectivity index (χ1n) is 7.09. The van der Waals surface area contributed by atoms with Gasteiger partial charge in [0.15, 0.2) is 5.82 Å². The third kappa shape index (κ3) is 3.10. The summed E-state index contributed by atoms with van der Waals surface area (Å²) in [6, 6.07) is 12.0. The van der Waals surface area contributed by atoms with Crippen molar-refractivity contribution in [3.63, 3.8) is 0 Å². The molecule has 0 aliphatic heterocycles. The minimum atomic E-state index is -0.819. The number of aryl methyl sites for hydroxylation is 1. The van der Waals surface area contributed by atoms with E-state index in [-0.39, 0.29) is 11.3 Å². The lowest BCUT2D eigenvalue weighted by molar-refractivity contribution is 0.0961. The van der Waals surface area contributed by atoms with E-state index < -0.39 is 17.5 Å². The molecule has 7 heteroatoms. The number of hydrogen-bond donors (Lipinski definition) is 2. The first kappa shape index (κ1) is 15.7. The predicted octanol–water partition coefficient (Wildman–Crippen LogP) is 3.69. The van der Waals surface area contributed by atoms with Gasteiger partial charge < -0.3 is 4.52 Å². The summed E-state index contributed by atoms with van der Waals surface area (Å²) in [5.41, 5.74) is 6.06. The Bertz CT molecular complexity index is 879. The van der Waals surface area contributed by atoms with Crippen LogP contribution < -0.4 is 10.9 Å². The largest absolute Gasteiger partial charge is 0.360 e. The van der Waals surface area contributed by atoms with Gasteiger partial charge in [-0.3, -0.25) is 15.6 Å². The summed E-state index contributed by atoms with van der Waals surface area (Å²) < 4.78 is 31.6. The van der Waals surface area contributed by atoms with Crippen molar-refractivity contribution in [3.05, 3.63) is 71.5 Å². The zero-order chi connectivity index (χ0) is 17.1. The highest BCUT2D eigenvalue weighted by Crippen LogP contribution is 2.25. The van der Waals surface area contributed by atoms with E-state index in [9.17, 15) is 13.6 Å². The number of carbonyl (C=O) groups is 1. The van der Waals surface area contributed by atoms with Crippen molar-refractivity contribution in [3.8, 4) is 11.3 Å². The lowest BCUT2D eigenvalue weighted by Crippen LogP contribution is -2.30. The molecule has 0 fully saturated rings. The molecule has 0 unspecified atom stereocenters. The highest BCUT2D eigenvalue weighted by Gasteiger charge is 2.21. The second-order valence-electron chi connectivity index (χ2n) is 5.03. The fourth-order valence-corrected chi connectivity index (χ4v) is 2.21. The first-order chi connectivity index (χ1) is 11.6. The van der Waals surface area contributed by atoms with Gasteiger partial charge in [-0.25, -0.2) is 8.78 Å². The van der Waals surface area contributed by atoms with Crippen LogP contribution in [0.15, 0.2) is 53.1 Å². The average molecular weight is 329 g/mol. The van der Waals surface area contributed by atoms with Crippen molar-refractivity contribution in [1.29, 1.82) is 0 Å². The molecule has 1 amide bonds. The summed E-state index contributed by atoms with van der Waals surface area (Å²) in [5.74, 6) is -1.74. The molecule has 24 heavy (non-hydrogen) atoms. The molecule has 0 spiro atoms. The van der Waals surface area contributed by atoms with Crippen LogP contribution in [-0.4, -0.2) is 11.1 Å². The Balaban J connectivity index is 1.82. The van der Waals surface area contributed by atoms with Crippen LogP contribution in [0.2, 0.25) is 0 Å². The van der Waals surface area contributed by atoms with Crippen molar-refractivity contribution in [2.45, 2.75) is 6.92 Å². The monoisotopic (exact) mass is 329 g/mol. The Morgan fingerprint density at radius 3 is 2.58 bits per heavy atom. The summed E-state index contributed by atoms with van der Waals surface area (Å²) in [5, 5.41) is 3.90. The Morgan fingerprint density at radius 2 is 1.88 bits per heavy atom. The minimum Gasteiger partial charge on any atom is -0.360 e. The van der Waals surface area contributed by atoms with Crippen molar-refractivity contribution in [2.24, 2.45) is 0 Å². The van der Waals surface area contributed by atoms with Crippen LogP contribution in [0.4, 0.5) is 14.5 Å². The van der Waals surface area contributed by atoms with E-state index >= 15 is 0 Å². The highest BCUT2D eigenvalue weighted by molar-refractivity contribution is 6.01. The van der Waals surface area contributed by atoms with Gasteiger partial charge in [0.1, 0.15) is 22.8 Å². The number of nitrogens with zero attached hydrogens (tertiary/aromatic N) is 1. The molecule has 0 radical (unpaired) electrons. The number of amides is 1. The maximum absolute atomic E-state index is 13.6. The van der Waals surface area contributed by atoms with Gasteiger partial charge in [-0.1, -0.05) is 35.5 Å². The fourth-order valence-electron chi connectivity index (χ4n) is 2.21. The first-order valence-corrected chi connectivity index (χ1v) is 7.09. The second-order valence-corrected chi connectivity index (χ2v) is 5.03. The molecular formula is C17H13F2N3O2. The van der Waals surface area contributed by atoms with Gasteiger partial charge in [0.05, 0.1) is 5.69 Å². The van der Waals surface area contributed by atoms with E-state index in [1.807, 2.05) is 18.2 Å². The van der Waals surface area contributed by atoms with E-state index in [0.717, 1.165) is 6.07 Å². The van der Waals surface area contributed by atoms with Crippen molar-refractivity contribution in [2.75, 3.05) is 5.43 Å². The normalized spacial score (nSPS) is 10.5. The smallest absolute Gasteiger partial charge is 0.275 e. The van der Waals surface area contributed by atoms with Crippen LogP contribution in [0, 0.1) is 18.6 Å². The number of hydrazine groups is 1. The Morgan fingerprint density at radius 1 is 1.12 bits per heavy atom. The van der Waals surface area contributed by atoms with Crippen LogP contribution in [0.3, 0.4) is 0 Å². The lowest BCUT2D eigenvalue weighted by Gasteiger charge is -2.09. The average Bonchev–Trinajstić information content (AvgIpc) is 2.96. The fraction of sp³-hybridized carbons (Fsp3) is 0.0588. The minimum absolute atomic E-state index is 0.0554. The predicted molar refractivity (Wildman–Crippen MR) is 84.1 cm³/mol. The number of rotatable bonds is 4. The van der Waals surface area contributed by atoms with Gasteiger partial charge >= 0.3 is 0 Å². The van der Waals surface area contributed by atoms with E-state index in [1.54, 1.807) is 19.1 Å². The molecule has 2 N–H and O–H groups in total. The SMILES string of the molecule is Cc1onc(-c2ccccc2)c1C(=O)NNc1ccc(F)cc1F. The zero-order valence-corrected chi connectivity index (χ0v) is 12.6. The summed E-state index contributed by atoms with van der Waals surface area (Å²) in [4.78, 5) is 12.4. The molecule has 0 bridgehead atoms. The standard InChI is InChI=1S/C17H13F2N3O2/c1-10-15(16(22-24-10)11-5-3-2-4-6-11)17(23)21-20-14-8-7-12(18)9-13(14)19/h2-9,20H,1H3,(H,21,23). The third-order valence-electron chi connectivity index (χ3n) is 3.38. The summed E-state index contributed by atoms with van der Waals surface area (Å²) >= 11 is 0. The van der Waals surface area contributed by atoms with Gasteiger partial charge in [-0.2, -0.15) is 0 Å². The van der Waals surface area contributed by atoms with Crippen molar-refractivity contribution in [1.82, 2.24) is 10.6 Å². The number of hydrogen-bond acceptors (Lipinski definition) is 4. The number of halogens is 2. The highest BCUT2D eigenvalue weighted by atomic mass is 19.1. The quantitative estimate of drug-likeness (QED) is 0.717. The van der Waals surface area contributed by atoms with Gasteiger partial charge in [0.2, 0.25) is 0 Å². The lowest BCUT2D eigenvalue weighted by atomic mass is 10.1. The molecule has 2 aromatic carbocycles. The molecule has 0 atom stereocenters. The Labute approximate surface area is 136 Å².